The minimum Gasteiger partial charge on any atom is -0.452 e. The van der Waals surface area contributed by atoms with Crippen LogP contribution in [0.5, 0.6) is 0 Å². The Bertz CT molecular complexity index is 905. The maximum Gasteiger partial charge on any atom is 0.340 e. The van der Waals surface area contributed by atoms with Gasteiger partial charge in [-0.05, 0) is 65.9 Å². The molecule has 3 aromatic rings. The first-order chi connectivity index (χ1) is 11.5. The lowest BCUT2D eigenvalue weighted by molar-refractivity contribution is -0.119. The molecule has 0 saturated heterocycles. The first-order valence-electron chi connectivity index (χ1n) is 7.07. The molecule has 1 aromatic carbocycles. The van der Waals surface area contributed by atoms with Gasteiger partial charge in [0.05, 0.1) is 5.56 Å². The summed E-state index contributed by atoms with van der Waals surface area (Å²) in [6.07, 6.45) is 1.59. The number of rotatable bonds is 4. The van der Waals surface area contributed by atoms with Gasteiger partial charge in [-0.15, -0.1) is 10.2 Å². The maximum absolute atomic E-state index is 12.1. The van der Waals surface area contributed by atoms with Gasteiger partial charge in [0.2, 0.25) is 0 Å². The van der Waals surface area contributed by atoms with E-state index >= 15 is 0 Å². The summed E-state index contributed by atoms with van der Waals surface area (Å²) < 4.78 is 7.79. The fourth-order valence-corrected chi connectivity index (χ4v) is 2.43. The number of halogens is 1. The van der Waals surface area contributed by atoms with E-state index in [1.807, 2.05) is 12.1 Å². The van der Waals surface area contributed by atoms with Crippen molar-refractivity contribution in [3.63, 3.8) is 0 Å². The standard InChI is InChI=1S/C16H13IN4O3/c1-10-19-20-14-7-2-11(8-21(10)14)16(23)24-9-15(22)18-13-5-3-12(17)4-6-13/h2-8H,9H2,1H3,(H,18,22). The quantitative estimate of drug-likeness (QED) is 0.502. The van der Waals surface area contributed by atoms with Gasteiger partial charge in [-0.3, -0.25) is 9.20 Å². The molecule has 3 rings (SSSR count). The molecule has 0 aliphatic heterocycles. The lowest BCUT2D eigenvalue weighted by Gasteiger charge is -2.07. The fourth-order valence-electron chi connectivity index (χ4n) is 2.07. The molecule has 24 heavy (non-hydrogen) atoms. The van der Waals surface area contributed by atoms with Crippen LogP contribution in [0.25, 0.3) is 5.65 Å². The highest BCUT2D eigenvalue weighted by Crippen LogP contribution is 2.11. The Morgan fingerprint density at radius 3 is 2.67 bits per heavy atom. The minimum atomic E-state index is -0.581. The zero-order valence-corrected chi connectivity index (χ0v) is 14.9. The van der Waals surface area contributed by atoms with Crippen molar-refractivity contribution in [1.29, 1.82) is 0 Å². The van der Waals surface area contributed by atoms with Crippen molar-refractivity contribution in [3.8, 4) is 0 Å². The van der Waals surface area contributed by atoms with Crippen molar-refractivity contribution >= 4 is 45.8 Å². The molecule has 2 aromatic heterocycles. The van der Waals surface area contributed by atoms with Gasteiger partial charge >= 0.3 is 5.97 Å². The van der Waals surface area contributed by atoms with E-state index in [0.29, 0.717) is 22.7 Å². The average Bonchev–Trinajstić information content (AvgIpc) is 2.95. The van der Waals surface area contributed by atoms with E-state index in [4.69, 9.17) is 4.74 Å². The third-order valence-electron chi connectivity index (χ3n) is 3.27. The number of amides is 1. The first-order valence-corrected chi connectivity index (χ1v) is 8.15. The molecule has 0 unspecified atom stereocenters. The van der Waals surface area contributed by atoms with Gasteiger partial charge < -0.3 is 10.1 Å². The summed E-state index contributed by atoms with van der Waals surface area (Å²) in [4.78, 5) is 23.9. The number of fused-ring (bicyclic) bond motifs is 1. The molecule has 8 heteroatoms. The second-order valence-electron chi connectivity index (χ2n) is 5.02. The van der Waals surface area contributed by atoms with Crippen molar-refractivity contribution in [1.82, 2.24) is 14.6 Å². The number of ether oxygens (including phenoxy) is 1. The fraction of sp³-hybridized carbons (Fsp3) is 0.125. The molecule has 0 saturated carbocycles. The molecular formula is C16H13IN4O3. The third kappa shape index (κ3) is 3.70. The molecule has 1 N–H and O–H groups in total. The number of pyridine rings is 1. The van der Waals surface area contributed by atoms with Gasteiger partial charge in [-0.25, -0.2) is 4.79 Å². The average molecular weight is 436 g/mol. The molecule has 1 amide bonds. The molecule has 0 fully saturated rings. The first kappa shape index (κ1) is 16.4. The van der Waals surface area contributed by atoms with E-state index in [1.165, 1.54) is 0 Å². The van der Waals surface area contributed by atoms with Gasteiger partial charge in [0.15, 0.2) is 12.3 Å². The normalized spacial score (nSPS) is 10.6. The third-order valence-corrected chi connectivity index (χ3v) is 3.99. The second kappa shape index (κ2) is 6.95. The second-order valence-corrected chi connectivity index (χ2v) is 6.27. The largest absolute Gasteiger partial charge is 0.452 e. The smallest absolute Gasteiger partial charge is 0.340 e. The van der Waals surface area contributed by atoms with Crippen molar-refractivity contribution in [2.75, 3.05) is 11.9 Å². The summed E-state index contributed by atoms with van der Waals surface area (Å²) in [5, 5.41) is 10.5. The number of aromatic nitrogens is 3. The maximum atomic E-state index is 12.1. The predicted octanol–water partition coefficient (Wildman–Crippen LogP) is 2.44. The van der Waals surface area contributed by atoms with Crippen LogP contribution in [-0.2, 0) is 9.53 Å². The van der Waals surface area contributed by atoms with Crippen LogP contribution in [0.15, 0.2) is 42.6 Å². The topological polar surface area (TPSA) is 85.6 Å². The van der Waals surface area contributed by atoms with Crippen LogP contribution in [0.3, 0.4) is 0 Å². The number of esters is 1. The number of hydrogen-bond acceptors (Lipinski definition) is 5. The Kier molecular flexibility index (Phi) is 4.74. The van der Waals surface area contributed by atoms with Crippen LogP contribution >= 0.6 is 22.6 Å². The molecule has 0 spiro atoms. The summed E-state index contributed by atoms with van der Waals surface area (Å²) in [6.45, 7) is 1.42. The van der Waals surface area contributed by atoms with Crippen molar-refractivity contribution in [2.24, 2.45) is 0 Å². The number of benzene rings is 1. The number of anilines is 1. The molecular weight excluding hydrogens is 423 g/mol. The lowest BCUT2D eigenvalue weighted by Crippen LogP contribution is -2.21. The van der Waals surface area contributed by atoms with Gasteiger partial charge in [0.1, 0.15) is 5.82 Å². The molecule has 0 bridgehead atoms. The van der Waals surface area contributed by atoms with Gasteiger partial charge in [-0.2, -0.15) is 0 Å². The Hall–Kier alpha value is -2.49. The zero-order valence-electron chi connectivity index (χ0n) is 12.7. The number of nitrogens with zero attached hydrogens (tertiary/aromatic N) is 3. The number of carbonyl (C=O) groups excluding carboxylic acids is 2. The van der Waals surface area contributed by atoms with Crippen LogP contribution in [-0.4, -0.2) is 33.1 Å². The van der Waals surface area contributed by atoms with E-state index in [-0.39, 0.29) is 6.61 Å². The Balaban J connectivity index is 1.60. The highest BCUT2D eigenvalue weighted by Gasteiger charge is 2.12. The number of hydrogen-bond donors (Lipinski definition) is 1. The van der Waals surface area contributed by atoms with E-state index in [9.17, 15) is 9.59 Å². The monoisotopic (exact) mass is 436 g/mol. The molecule has 0 atom stereocenters. The van der Waals surface area contributed by atoms with Gasteiger partial charge in [0.25, 0.3) is 5.91 Å². The van der Waals surface area contributed by atoms with E-state index < -0.39 is 11.9 Å². The summed E-state index contributed by atoms with van der Waals surface area (Å²) >= 11 is 2.18. The minimum absolute atomic E-state index is 0.326. The predicted molar refractivity (Wildman–Crippen MR) is 95.8 cm³/mol. The Morgan fingerprint density at radius 1 is 1.17 bits per heavy atom. The van der Waals surface area contributed by atoms with Crippen LogP contribution < -0.4 is 5.32 Å². The summed E-state index contributed by atoms with van der Waals surface area (Å²) in [7, 11) is 0. The van der Waals surface area contributed by atoms with Crippen LogP contribution in [0.1, 0.15) is 16.2 Å². The molecule has 0 aliphatic carbocycles. The summed E-state index contributed by atoms with van der Waals surface area (Å²) in [5.74, 6) is -0.315. The summed E-state index contributed by atoms with van der Waals surface area (Å²) in [6, 6.07) is 10.6. The number of aryl methyl sites for hydroxylation is 1. The van der Waals surface area contributed by atoms with E-state index in [2.05, 4.69) is 38.1 Å². The Morgan fingerprint density at radius 2 is 1.92 bits per heavy atom. The molecule has 0 radical (unpaired) electrons. The van der Waals surface area contributed by atoms with Gasteiger partial charge in [0, 0.05) is 15.5 Å². The van der Waals surface area contributed by atoms with E-state index in [1.54, 1.807) is 41.8 Å². The zero-order chi connectivity index (χ0) is 17.1. The number of carbonyl (C=O) groups is 2. The molecule has 2 heterocycles. The highest BCUT2D eigenvalue weighted by atomic mass is 127. The number of nitrogens with one attached hydrogen (secondary N) is 1. The van der Waals surface area contributed by atoms with Crippen LogP contribution in [0.2, 0.25) is 0 Å². The van der Waals surface area contributed by atoms with Crippen molar-refractivity contribution < 1.29 is 14.3 Å². The van der Waals surface area contributed by atoms with Crippen molar-refractivity contribution in [3.05, 3.63) is 57.6 Å². The van der Waals surface area contributed by atoms with Crippen LogP contribution in [0.4, 0.5) is 5.69 Å². The van der Waals surface area contributed by atoms with Crippen molar-refractivity contribution in [2.45, 2.75) is 6.92 Å². The summed E-state index contributed by atoms with van der Waals surface area (Å²) in [5.41, 5.74) is 1.62. The SMILES string of the molecule is Cc1nnc2ccc(C(=O)OCC(=O)Nc3ccc(I)cc3)cn12. The lowest BCUT2D eigenvalue weighted by atomic mass is 10.3. The molecule has 0 aliphatic rings. The van der Waals surface area contributed by atoms with E-state index in [0.717, 1.165) is 3.57 Å². The van der Waals surface area contributed by atoms with Gasteiger partial charge in [-0.1, -0.05) is 0 Å². The van der Waals surface area contributed by atoms with Crippen LogP contribution in [0, 0.1) is 10.5 Å². The molecule has 7 nitrogen and oxygen atoms in total. The Labute approximate surface area is 151 Å². The highest BCUT2D eigenvalue weighted by molar-refractivity contribution is 14.1. The molecule has 122 valence electrons.